The highest BCUT2D eigenvalue weighted by Gasteiger charge is 2.21. The number of nitrogens with one attached hydrogen (secondary N) is 1. The average Bonchev–Trinajstić information content (AvgIpc) is 3.40. The van der Waals surface area contributed by atoms with Crippen LogP contribution in [0.15, 0.2) is 58.3 Å². The zero-order valence-electron chi connectivity index (χ0n) is 17.7. The minimum atomic E-state index is -0.228. The predicted molar refractivity (Wildman–Crippen MR) is 131 cm³/mol. The number of nitrogens with zero attached hydrogens (tertiary/aromatic N) is 7. The minimum absolute atomic E-state index is 0.228. The summed E-state index contributed by atoms with van der Waals surface area (Å²) in [5.74, 6) is 1.28. The molecule has 0 unspecified atom stereocenters. The van der Waals surface area contributed by atoms with Gasteiger partial charge in [-0.2, -0.15) is 10.2 Å². The number of benzene rings is 1. The predicted octanol–water partition coefficient (Wildman–Crippen LogP) is 4.37. The fourth-order valence-corrected chi connectivity index (χ4v) is 4.51. The second-order valence-electron chi connectivity index (χ2n) is 7.56. The molecule has 0 radical (unpaired) electrons. The van der Waals surface area contributed by atoms with Crippen molar-refractivity contribution < 1.29 is 0 Å². The van der Waals surface area contributed by atoms with E-state index in [1.165, 1.54) is 6.33 Å². The largest absolute Gasteiger partial charge is 0.348 e. The Hall–Kier alpha value is -3.24. The van der Waals surface area contributed by atoms with Crippen molar-refractivity contribution in [1.29, 1.82) is 0 Å². The van der Waals surface area contributed by atoms with Crippen LogP contribution in [-0.2, 0) is 6.54 Å². The summed E-state index contributed by atoms with van der Waals surface area (Å²) < 4.78 is 3.86. The maximum absolute atomic E-state index is 13.5. The third-order valence-electron chi connectivity index (χ3n) is 5.42. The van der Waals surface area contributed by atoms with E-state index in [-0.39, 0.29) is 5.56 Å². The number of hydrogen-bond acceptors (Lipinski definition) is 6. The molecule has 0 aliphatic heterocycles. The first-order valence-electron chi connectivity index (χ1n) is 10.5. The molecule has 1 aromatic carbocycles. The highest BCUT2D eigenvalue weighted by Crippen LogP contribution is 2.29. The molecular weight excluding hydrogens is 508 g/mol. The minimum Gasteiger partial charge on any atom is -0.348 e. The van der Waals surface area contributed by atoms with Gasteiger partial charge in [0.2, 0.25) is 0 Å². The van der Waals surface area contributed by atoms with E-state index >= 15 is 0 Å². The van der Waals surface area contributed by atoms with Gasteiger partial charge in [0.1, 0.15) is 22.3 Å². The highest BCUT2D eigenvalue weighted by molar-refractivity contribution is 9.10. The summed E-state index contributed by atoms with van der Waals surface area (Å²) in [6.07, 6.45) is 5.14. The number of aromatic amines is 1. The summed E-state index contributed by atoms with van der Waals surface area (Å²) in [6.45, 7) is 3.20. The van der Waals surface area contributed by atoms with Crippen LogP contribution in [0.25, 0.3) is 22.2 Å². The monoisotopic (exact) mass is 526 g/mol. The van der Waals surface area contributed by atoms with Crippen molar-refractivity contribution in [2.75, 3.05) is 11.4 Å². The Balaban J connectivity index is 1.70. The topological polar surface area (TPSA) is 97.0 Å². The van der Waals surface area contributed by atoms with Crippen molar-refractivity contribution in [3.8, 4) is 5.69 Å². The molecule has 4 heterocycles. The molecule has 0 atom stereocenters. The Labute approximate surface area is 202 Å². The number of para-hydroxylation sites is 1. The Kier molecular flexibility index (Phi) is 5.86. The van der Waals surface area contributed by atoms with Gasteiger partial charge in [0, 0.05) is 12.7 Å². The van der Waals surface area contributed by atoms with Gasteiger partial charge in [0.05, 0.1) is 22.6 Å². The summed E-state index contributed by atoms with van der Waals surface area (Å²) in [6, 6.07) is 11.1. The molecule has 5 rings (SSSR count). The van der Waals surface area contributed by atoms with E-state index in [1.54, 1.807) is 21.3 Å². The lowest BCUT2D eigenvalue weighted by atomic mass is 10.2. The van der Waals surface area contributed by atoms with Crippen LogP contribution in [0, 0.1) is 0 Å². The Morgan fingerprint density at radius 3 is 2.79 bits per heavy atom. The molecule has 0 fully saturated rings. The van der Waals surface area contributed by atoms with Crippen LogP contribution in [0.4, 0.5) is 5.82 Å². The van der Waals surface area contributed by atoms with Gasteiger partial charge in [-0.1, -0.05) is 43.1 Å². The standard InChI is InChI=1S/C22H20BrClN8O/c1-2-3-10-30(21-17-19(23)27-28-20(17)25-13-26-21)12-16-29-31-11-9-15(24)18(31)22(33)32(16)14-7-5-4-6-8-14/h4-9,11,13H,2-3,10,12H2,1H3,(H,25,26,27,28). The third-order valence-corrected chi connectivity index (χ3v) is 6.30. The van der Waals surface area contributed by atoms with E-state index in [0.29, 0.717) is 39.0 Å². The Morgan fingerprint density at radius 1 is 1.18 bits per heavy atom. The molecule has 0 saturated heterocycles. The van der Waals surface area contributed by atoms with Crippen LogP contribution in [-0.4, -0.2) is 40.9 Å². The number of aromatic nitrogens is 7. The van der Waals surface area contributed by atoms with Gasteiger partial charge in [-0.15, -0.1) is 0 Å². The Morgan fingerprint density at radius 2 is 2.00 bits per heavy atom. The molecule has 33 heavy (non-hydrogen) atoms. The van der Waals surface area contributed by atoms with E-state index in [0.717, 1.165) is 30.5 Å². The lowest BCUT2D eigenvalue weighted by molar-refractivity contribution is 0.651. The summed E-state index contributed by atoms with van der Waals surface area (Å²) in [5, 5.41) is 13.1. The number of rotatable bonds is 7. The second-order valence-corrected chi connectivity index (χ2v) is 8.76. The van der Waals surface area contributed by atoms with Crippen molar-refractivity contribution in [2.45, 2.75) is 26.3 Å². The summed E-state index contributed by atoms with van der Waals surface area (Å²) in [5.41, 5.74) is 1.40. The molecule has 1 N–H and O–H groups in total. The number of anilines is 1. The molecule has 5 aromatic rings. The maximum atomic E-state index is 13.5. The normalized spacial score (nSPS) is 11.5. The SMILES string of the molecule is CCCCN(Cc1nn2ccc(Cl)c2c(=O)n1-c1ccccc1)c1ncnc2n[nH]c(Br)c12. The number of hydrogen-bond donors (Lipinski definition) is 1. The fraction of sp³-hybridized carbons (Fsp3) is 0.227. The van der Waals surface area contributed by atoms with Crippen LogP contribution in [0.1, 0.15) is 25.6 Å². The van der Waals surface area contributed by atoms with Crippen LogP contribution in [0.3, 0.4) is 0 Å². The number of halogens is 2. The van der Waals surface area contributed by atoms with E-state index in [1.807, 2.05) is 30.3 Å². The van der Waals surface area contributed by atoms with Crippen molar-refractivity contribution in [3.63, 3.8) is 0 Å². The van der Waals surface area contributed by atoms with Crippen LogP contribution >= 0.6 is 27.5 Å². The molecule has 0 spiro atoms. The number of H-pyrrole nitrogens is 1. The maximum Gasteiger partial charge on any atom is 0.284 e. The molecule has 168 valence electrons. The van der Waals surface area contributed by atoms with Gasteiger partial charge < -0.3 is 4.90 Å². The van der Waals surface area contributed by atoms with Gasteiger partial charge in [0.25, 0.3) is 5.56 Å². The molecule has 0 aliphatic carbocycles. The number of fused-ring (bicyclic) bond motifs is 2. The molecule has 0 saturated carbocycles. The van der Waals surface area contributed by atoms with Crippen LogP contribution in [0.2, 0.25) is 5.02 Å². The molecule has 11 heteroatoms. The van der Waals surface area contributed by atoms with Crippen LogP contribution < -0.4 is 10.5 Å². The molecular formula is C22H20BrClN8O. The smallest absolute Gasteiger partial charge is 0.284 e. The average molecular weight is 528 g/mol. The van der Waals surface area contributed by atoms with Crippen molar-refractivity contribution in [3.05, 3.63) is 74.7 Å². The van der Waals surface area contributed by atoms with Crippen molar-refractivity contribution in [1.82, 2.24) is 34.3 Å². The Bertz CT molecular complexity index is 1490. The quantitative estimate of drug-likeness (QED) is 0.337. The van der Waals surface area contributed by atoms with Crippen molar-refractivity contribution >= 4 is 49.9 Å². The van der Waals surface area contributed by atoms with E-state index < -0.39 is 0 Å². The van der Waals surface area contributed by atoms with Gasteiger partial charge in [-0.3, -0.25) is 14.5 Å². The summed E-state index contributed by atoms with van der Waals surface area (Å²) >= 11 is 9.84. The molecule has 0 aliphatic rings. The zero-order valence-corrected chi connectivity index (χ0v) is 20.1. The first-order valence-corrected chi connectivity index (χ1v) is 11.7. The van der Waals surface area contributed by atoms with Gasteiger partial charge in [0.15, 0.2) is 11.5 Å². The fourth-order valence-electron chi connectivity index (χ4n) is 3.85. The molecule has 0 amide bonds. The first-order chi connectivity index (χ1) is 16.1. The molecule has 4 aromatic heterocycles. The van der Waals surface area contributed by atoms with Crippen molar-refractivity contribution in [2.24, 2.45) is 0 Å². The lowest BCUT2D eigenvalue weighted by Crippen LogP contribution is -2.33. The lowest BCUT2D eigenvalue weighted by Gasteiger charge is -2.25. The zero-order chi connectivity index (χ0) is 22.9. The van der Waals surface area contributed by atoms with E-state index in [4.69, 9.17) is 16.7 Å². The first kappa shape index (κ1) is 21.6. The van der Waals surface area contributed by atoms with E-state index in [9.17, 15) is 4.79 Å². The molecule has 0 bridgehead atoms. The van der Waals surface area contributed by atoms with Gasteiger partial charge in [-0.05, 0) is 40.5 Å². The summed E-state index contributed by atoms with van der Waals surface area (Å²) in [7, 11) is 0. The second kappa shape index (κ2) is 8.95. The summed E-state index contributed by atoms with van der Waals surface area (Å²) in [4.78, 5) is 24.5. The highest BCUT2D eigenvalue weighted by atomic mass is 79.9. The molecule has 9 nitrogen and oxygen atoms in total. The van der Waals surface area contributed by atoms with E-state index in [2.05, 4.69) is 47.9 Å². The van der Waals surface area contributed by atoms with Gasteiger partial charge in [-0.25, -0.2) is 14.5 Å². The van der Waals surface area contributed by atoms with Gasteiger partial charge >= 0.3 is 0 Å². The third kappa shape index (κ3) is 3.89. The number of unbranched alkanes of at least 4 members (excludes halogenated alkanes) is 1. The van der Waals surface area contributed by atoms with Crippen LogP contribution in [0.5, 0.6) is 0 Å².